The lowest BCUT2D eigenvalue weighted by molar-refractivity contribution is -0.136. The van der Waals surface area contributed by atoms with Gasteiger partial charge in [0.1, 0.15) is 12.1 Å². The molecule has 0 unspecified atom stereocenters. The van der Waals surface area contributed by atoms with Gasteiger partial charge in [0.2, 0.25) is 11.8 Å². The summed E-state index contributed by atoms with van der Waals surface area (Å²) in [6.07, 6.45) is 1.96. The van der Waals surface area contributed by atoms with E-state index >= 15 is 0 Å². The van der Waals surface area contributed by atoms with Crippen molar-refractivity contribution in [1.29, 1.82) is 0 Å². The summed E-state index contributed by atoms with van der Waals surface area (Å²) >= 11 is 0. The number of amides is 3. The zero-order chi connectivity index (χ0) is 18.3. The predicted octanol–water partition coefficient (Wildman–Crippen LogP) is 1.62. The average Bonchev–Trinajstić information content (AvgIpc) is 2.50. The van der Waals surface area contributed by atoms with E-state index in [4.69, 9.17) is 4.74 Å². The van der Waals surface area contributed by atoms with E-state index in [1.54, 1.807) is 32.7 Å². The minimum absolute atomic E-state index is 0.00912. The number of ether oxygens (including phenoxy) is 1. The maximum Gasteiger partial charge on any atom is 0.410 e. The summed E-state index contributed by atoms with van der Waals surface area (Å²) in [5, 5.41) is 2.88. The van der Waals surface area contributed by atoms with Gasteiger partial charge in [0.05, 0.1) is 5.92 Å². The Labute approximate surface area is 144 Å². The van der Waals surface area contributed by atoms with Crippen molar-refractivity contribution in [3.05, 3.63) is 0 Å². The van der Waals surface area contributed by atoms with Crippen molar-refractivity contribution in [3.8, 4) is 0 Å². The van der Waals surface area contributed by atoms with Crippen LogP contribution < -0.4 is 5.32 Å². The number of carbonyl (C=O) groups excluding carboxylic acids is 3. The van der Waals surface area contributed by atoms with Crippen LogP contribution in [0.15, 0.2) is 0 Å². The molecule has 7 nitrogen and oxygen atoms in total. The van der Waals surface area contributed by atoms with E-state index in [9.17, 15) is 14.4 Å². The molecule has 0 aromatic heterocycles. The van der Waals surface area contributed by atoms with Crippen molar-refractivity contribution in [2.45, 2.75) is 52.6 Å². The first kappa shape index (κ1) is 20.3. The van der Waals surface area contributed by atoms with E-state index < -0.39 is 11.7 Å². The lowest BCUT2D eigenvalue weighted by Crippen LogP contribution is -2.49. The molecule has 1 aliphatic heterocycles. The van der Waals surface area contributed by atoms with Crippen LogP contribution in [-0.4, -0.2) is 66.5 Å². The van der Waals surface area contributed by atoms with Crippen molar-refractivity contribution in [2.75, 3.05) is 33.2 Å². The molecular formula is C17H31N3O4. The third kappa shape index (κ3) is 6.76. The molecule has 1 fully saturated rings. The van der Waals surface area contributed by atoms with E-state index in [-0.39, 0.29) is 24.3 Å². The minimum atomic E-state index is -0.595. The summed E-state index contributed by atoms with van der Waals surface area (Å²) in [6.45, 7) is 9.00. The standard InChI is InChI=1S/C17H31N3O4/c1-6-9-18-15(22)13-8-7-10-20(11-13)14(21)12-19(5)16(23)24-17(2,3)4/h13H,6-12H2,1-5H3,(H,18,22)/t13-/m0/s1. The number of likely N-dealkylation sites (N-methyl/N-ethyl adjacent to an activating group) is 1. The minimum Gasteiger partial charge on any atom is -0.444 e. The predicted molar refractivity (Wildman–Crippen MR) is 91.5 cm³/mol. The maximum atomic E-state index is 12.4. The molecule has 1 saturated heterocycles. The van der Waals surface area contributed by atoms with Gasteiger partial charge in [0.25, 0.3) is 0 Å². The number of piperidine rings is 1. The van der Waals surface area contributed by atoms with Gasteiger partial charge in [-0.05, 0) is 40.0 Å². The van der Waals surface area contributed by atoms with Gasteiger partial charge in [-0.1, -0.05) is 6.92 Å². The Bertz CT molecular complexity index is 459. The van der Waals surface area contributed by atoms with Crippen molar-refractivity contribution in [1.82, 2.24) is 15.1 Å². The summed E-state index contributed by atoms with van der Waals surface area (Å²) in [4.78, 5) is 39.4. The van der Waals surface area contributed by atoms with Gasteiger partial charge >= 0.3 is 6.09 Å². The molecule has 1 atom stereocenters. The molecule has 7 heteroatoms. The van der Waals surface area contributed by atoms with Gasteiger partial charge < -0.3 is 19.9 Å². The Balaban J connectivity index is 2.52. The second-order valence-electron chi connectivity index (χ2n) is 7.31. The number of nitrogens with one attached hydrogen (secondary N) is 1. The third-order valence-electron chi connectivity index (χ3n) is 3.77. The van der Waals surface area contributed by atoms with Crippen molar-refractivity contribution in [2.24, 2.45) is 5.92 Å². The molecular weight excluding hydrogens is 310 g/mol. The van der Waals surface area contributed by atoms with Crippen molar-refractivity contribution in [3.63, 3.8) is 0 Å². The summed E-state index contributed by atoms with van der Waals surface area (Å²) in [5.74, 6) is -0.313. The van der Waals surface area contributed by atoms with E-state index in [0.717, 1.165) is 19.3 Å². The Hall–Kier alpha value is -1.79. The zero-order valence-corrected chi connectivity index (χ0v) is 15.6. The smallest absolute Gasteiger partial charge is 0.410 e. The summed E-state index contributed by atoms with van der Waals surface area (Å²) < 4.78 is 5.24. The monoisotopic (exact) mass is 341 g/mol. The molecule has 1 aliphatic rings. The van der Waals surface area contributed by atoms with Gasteiger partial charge in [-0.2, -0.15) is 0 Å². The molecule has 0 aliphatic carbocycles. The Morgan fingerprint density at radius 3 is 2.54 bits per heavy atom. The van der Waals surface area contributed by atoms with Crippen LogP contribution in [0.3, 0.4) is 0 Å². The van der Waals surface area contributed by atoms with Crippen LogP contribution in [-0.2, 0) is 14.3 Å². The highest BCUT2D eigenvalue weighted by Crippen LogP contribution is 2.17. The molecule has 0 radical (unpaired) electrons. The molecule has 1 rings (SSSR count). The van der Waals surface area contributed by atoms with Crippen LogP contribution in [0.4, 0.5) is 4.79 Å². The van der Waals surface area contributed by atoms with Gasteiger partial charge in [0, 0.05) is 26.7 Å². The first-order valence-electron chi connectivity index (χ1n) is 8.63. The second-order valence-corrected chi connectivity index (χ2v) is 7.31. The van der Waals surface area contributed by atoms with E-state index in [1.807, 2.05) is 6.92 Å². The first-order chi connectivity index (χ1) is 11.1. The second kappa shape index (κ2) is 8.89. The Morgan fingerprint density at radius 1 is 1.29 bits per heavy atom. The fourth-order valence-corrected chi connectivity index (χ4v) is 2.52. The number of likely N-dealkylation sites (tertiary alicyclic amines) is 1. The largest absolute Gasteiger partial charge is 0.444 e. The third-order valence-corrected chi connectivity index (χ3v) is 3.77. The SMILES string of the molecule is CCCNC(=O)[C@H]1CCCN(C(=O)CN(C)C(=O)OC(C)(C)C)C1. The highest BCUT2D eigenvalue weighted by atomic mass is 16.6. The molecule has 0 spiro atoms. The average molecular weight is 341 g/mol. The van der Waals surface area contributed by atoms with E-state index in [1.165, 1.54) is 4.90 Å². The van der Waals surface area contributed by atoms with Crippen molar-refractivity contribution < 1.29 is 19.1 Å². The molecule has 138 valence electrons. The summed E-state index contributed by atoms with van der Waals surface area (Å²) in [6, 6.07) is 0. The zero-order valence-electron chi connectivity index (χ0n) is 15.6. The van der Waals surface area contributed by atoms with E-state index in [0.29, 0.717) is 19.6 Å². The number of hydrogen-bond acceptors (Lipinski definition) is 4. The lowest BCUT2D eigenvalue weighted by atomic mass is 9.97. The quantitative estimate of drug-likeness (QED) is 0.824. The summed E-state index contributed by atoms with van der Waals surface area (Å²) in [5.41, 5.74) is -0.595. The highest BCUT2D eigenvalue weighted by Gasteiger charge is 2.29. The fraction of sp³-hybridized carbons (Fsp3) is 0.824. The van der Waals surface area contributed by atoms with Crippen LogP contribution in [0.1, 0.15) is 47.0 Å². The Morgan fingerprint density at radius 2 is 1.96 bits per heavy atom. The molecule has 1 N–H and O–H groups in total. The molecule has 0 aromatic carbocycles. The molecule has 0 aromatic rings. The number of nitrogens with zero attached hydrogens (tertiary/aromatic N) is 2. The fourth-order valence-electron chi connectivity index (χ4n) is 2.52. The van der Waals surface area contributed by atoms with Gasteiger partial charge in [0.15, 0.2) is 0 Å². The highest BCUT2D eigenvalue weighted by molar-refractivity contribution is 5.84. The van der Waals surface area contributed by atoms with Crippen LogP contribution in [0.25, 0.3) is 0 Å². The van der Waals surface area contributed by atoms with Gasteiger partial charge in [-0.3, -0.25) is 9.59 Å². The molecule has 1 heterocycles. The molecule has 3 amide bonds. The molecule has 0 saturated carbocycles. The lowest BCUT2D eigenvalue weighted by Gasteiger charge is -2.33. The van der Waals surface area contributed by atoms with Crippen molar-refractivity contribution >= 4 is 17.9 Å². The molecule has 24 heavy (non-hydrogen) atoms. The maximum absolute atomic E-state index is 12.4. The number of carbonyl (C=O) groups is 3. The molecule has 0 bridgehead atoms. The van der Waals surface area contributed by atoms with Crippen LogP contribution in [0.2, 0.25) is 0 Å². The van der Waals surface area contributed by atoms with E-state index in [2.05, 4.69) is 5.32 Å². The van der Waals surface area contributed by atoms with Crippen LogP contribution in [0, 0.1) is 5.92 Å². The van der Waals surface area contributed by atoms with Crippen LogP contribution in [0.5, 0.6) is 0 Å². The Kier molecular flexibility index (Phi) is 7.51. The summed E-state index contributed by atoms with van der Waals surface area (Å²) in [7, 11) is 1.54. The normalized spacial score (nSPS) is 18.0. The number of hydrogen-bond donors (Lipinski definition) is 1. The van der Waals surface area contributed by atoms with Gasteiger partial charge in [-0.25, -0.2) is 4.79 Å². The topological polar surface area (TPSA) is 79.0 Å². The number of rotatable bonds is 5. The first-order valence-corrected chi connectivity index (χ1v) is 8.63. The van der Waals surface area contributed by atoms with Crippen LogP contribution >= 0.6 is 0 Å². The van der Waals surface area contributed by atoms with Gasteiger partial charge in [-0.15, -0.1) is 0 Å².